The van der Waals surface area contributed by atoms with Crippen LogP contribution in [0, 0.1) is 0 Å². The summed E-state index contributed by atoms with van der Waals surface area (Å²) in [5, 5.41) is 7.05. The van der Waals surface area contributed by atoms with Gasteiger partial charge in [-0.2, -0.15) is 0 Å². The van der Waals surface area contributed by atoms with Crippen LogP contribution in [0.15, 0.2) is 29.3 Å². The van der Waals surface area contributed by atoms with E-state index in [2.05, 4.69) is 20.5 Å². The Balaban J connectivity index is 0.00000392. The van der Waals surface area contributed by atoms with Gasteiger partial charge in [-0.1, -0.05) is 11.6 Å². The average Bonchev–Trinajstić information content (AvgIpc) is 2.70. The first-order valence-electron chi connectivity index (χ1n) is 9.52. The maximum atomic E-state index is 12.5. The van der Waals surface area contributed by atoms with Gasteiger partial charge in [-0.05, 0) is 38.1 Å². The maximum Gasteiger partial charge on any atom is 0.244 e. The number of aliphatic imine (C=N–C) groups is 1. The SMILES string of the molecule is CCNC(=NCC(=O)N1CCN(c2ccc(Cl)cc2)CC1)NCCOCC.I. The van der Waals surface area contributed by atoms with E-state index in [0.29, 0.717) is 38.8 Å². The third-order valence-corrected chi connectivity index (χ3v) is 4.54. The number of nitrogens with one attached hydrogen (secondary N) is 2. The molecule has 0 saturated carbocycles. The highest BCUT2D eigenvalue weighted by atomic mass is 127. The van der Waals surface area contributed by atoms with Gasteiger partial charge in [-0.15, -0.1) is 24.0 Å². The standard InChI is InChI=1S/C19H30ClN5O2.HI/c1-3-21-19(22-9-14-27-4-2)23-15-18(26)25-12-10-24(11-13-25)17-7-5-16(20)6-8-17;/h5-8H,3-4,9-15H2,1-2H3,(H2,21,22,23);1H. The molecule has 1 amide bonds. The fraction of sp³-hybridized carbons (Fsp3) is 0.579. The van der Waals surface area contributed by atoms with Crippen LogP contribution < -0.4 is 15.5 Å². The van der Waals surface area contributed by atoms with Gasteiger partial charge in [0.1, 0.15) is 6.54 Å². The molecule has 28 heavy (non-hydrogen) atoms. The van der Waals surface area contributed by atoms with Gasteiger partial charge in [0.15, 0.2) is 5.96 Å². The largest absolute Gasteiger partial charge is 0.380 e. The summed E-state index contributed by atoms with van der Waals surface area (Å²) in [5.41, 5.74) is 1.14. The minimum Gasteiger partial charge on any atom is -0.380 e. The first kappa shape index (κ1) is 24.8. The van der Waals surface area contributed by atoms with Crippen molar-refractivity contribution in [2.45, 2.75) is 13.8 Å². The first-order valence-corrected chi connectivity index (χ1v) is 9.90. The zero-order valence-corrected chi connectivity index (χ0v) is 19.7. The van der Waals surface area contributed by atoms with Gasteiger partial charge >= 0.3 is 0 Å². The molecule has 1 aromatic rings. The molecule has 2 rings (SSSR count). The molecule has 9 heteroatoms. The molecule has 0 radical (unpaired) electrons. The Morgan fingerprint density at radius 3 is 2.43 bits per heavy atom. The smallest absolute Gasteiger partial charge is 0.244 e. The third-order valence-electron chi connectivity index (χ3n) is 4.28. The van der Waals surface area contributed by atoms with Gasteiger partial charge in [0, 0.05) is 56.6 Å². The predicted octanol–water partition coefficient (Wildman–Crippen LogP) is 2.20. The topological polar surface area (TPSA) is 69.2 Å². The first-order chi connectivity index (χ1) is 13.1. The Bertz CT molecular complexity index is 607. The fourth-order valence-corrected chi connectivity index (χ4v) is 2.97. The summed E-state index contributed by atoms with van der Waals surface area (Å²) >= 11 is 5.94. The molecule has 158 valence electrons. The molecule has 1 aliphatic rings. The van der Waals surface area contributed by atoms with Gasteiger partial charge in [0.25, 0.3) is 0 Å². The molecular weight excluding hydrogens is 493 g/mol. The lowest BCUT2D eigenvalue weighted by Crippen LogP contribution is -2.49. The van der Waals surface area contributed by atoms with E-state index in [1.165, 1.54) is 0 Å². The molecule has 0 aliphatic carbocycles. The average molecular weight is 524 g/mol. The van der Waals surface area contributed by atoms with Crippen molar-refractivity contribution in [1.29, 1.82) is 0 Å². The highest BCUT2D eigenvalue weighted by Crippen LogP contribution is 2.19. The van der Waals surface area contributed by atoms with E-state index in [-0.39, 0.29) is 36.4 Å². The number of carbonyl (C=O) groups is 1. The van der Waals surface area contributed by atoms with Crippen molar-refractivity contribution in [2.24, 2.45) is 4.99 Å². The Morgan fingerprint density at radius 1 is 1.14 bits per heavy atom. The van der Waals surface area contributed by atoms with Gasteiger partial charge in [-0.3, -0.25) is 4.79 Å². The van der Waals surface area contributed by atoms with E-state index in [9.17, 15) is 4.79 Å². The van der Waals surface area contributed by atoms with Gasteiger partial charge < -0.3 is 25.2 Å². The van der Waals surface area contributed by atoms with E-state index in [1.807, 2.05) is 43.0 Å². The second kappa shape index (κ2) is 13.8. The number of halogens is 2. The Hall–Kier alpha value is -1.26. The molecule has 1 fully saturated rings. The molecule has 1 saturated heterocycles. The number of carbonyl (C=O) groups excluding carboxylic acids is 1. The summed E-state index contributed by atoms with van der Waals surface area (Å²) < 4.78 is 5.30. The molecule has 0 unspecified atom stereocenters. The van der Waals surface area contributed by atoms with Crippen molar-refractivity contribution in [2.75, 3.05) is 63.9 Å². The number of hydrogen-bond acceptors (Lipinski definition) is 4. The summed E-state index contributed by atoms with van der Waals surface area (Å²) in [6, 6.07) is 7.81. The van der Waals surface area contributed by atoms with Crippen LogP contribution in [0.1, 0.15) is 13.8 Å². The van der Waals surface area contributed by atoms with E-state index in [4.69, 9.17) is 16.3 Å². The Kier molecular flexibility index (Phi) is 12.2. The molecule has 0 aromatic heterocycles. The van der Waals surface area contributed by atoms with E-state index in [0.717, 1.165) is 30.3 Å². The monoisotopic (exact) mass is 523 g/mol. The summed E-state index contributed by atoms with van der Waals surface area (Å²) in [4.78, 5) is 21.0. The summed E-state index contributed by atoms with van der Waals surface area (Å²) in [6.07, 6.45) is 0. The van der Waals surface area contributed by atoms with Crippen LogP contribution in [0.3, 0.4) is 0 Å². The van der Waals surface area contributed by atoms with Crippen molar-refractivity contribution < 1.29 is 9.53 Å². The molecule has 0 atom stereocenters. The van der Waals surface area contributed by atoms with Crippen LogP contribution >= 0.6 is 35.6 Å². The van der Waals surface area contributed by atoms with E-state index < -0.39 is 0 Å². The van der Waals surface area contributed by atoms with Crippen molar-refractivity contribution in [3.05, 3.63) is 29.3 Å². The quantitative estimate of drug-likeness (QED) is 0.237. The zero-order chi connectivity index (χ0) is 19.5. The Labute approximate surface area is 189 Å². The molecule has 1 aliphatic heterocycles. The Morgan fingerprint density at radius 2 is 1.82 bits per heavy atom. The number of piperazine rings is 1. The summed E-state index contributed by atoms with van der Waals surface area (Å²) in [6.45, 7) is 9.83. The predicted molar refractivity (Wildman–Crippen MR) is 126 cm³/mol. The fourth-order valence-electron chi connectivity index (χ4n) is 2.84. The van der Waals surface area contributed by atoms with E-state index >= 15 is 0 Å². The number of nitrogens with zero attached hydrogens (tertiary/aromatic N) is 3. The molecule has 1 aromatic carbocycles. The van der Waals surface area contributed by atoms with Gasteiger partial charge in [0.05, 0.1) is 6.61 Å². The molecular formula is C19H31ClIN5O2. The number of anilines is 1. The van der Waals surface area contributed by atoms with Crippen LogP contribution in [-0.4, -0.2) is 75.8 Å². The van der Waals surface area contributed by atoms with Crippen molar-refractivity contribution in [3.63, 3.8) is 0 Å². The van der Waals surface area contributed by atoms with Crippen LogP contribution in [0.25, 0.3) is 0 Å². The lowest BCUT2D eigenvalue weighted by molar-refractivity contribution is -0.129. The van der Waals surface area contributed by atoms with Crippen molar-refractivity contribution in [1.82, 2.24) is 15.5 Å². The highest BCUT2D eigenvalue weighted by molar-refractivity contribution is 14.0. The summed E-state index contributed by atoms with van der Waals surface area (Å²) in [7, 11) is 0. The number of benzene rings is 1. The number of guanidine groups is 1. The molecule has 0 spiro atoms. The van der Waals surface area contributed by atoms with Gasteiger partial charge in [0.2, 0.25) is 5.91 Å². The number of rotatable bonds is 8. The molecule has 7 nitrogen and oxygen atoms in total. The van der Waals surface area contributed by atoms with Crippen molar-refractivity contribution >= 4 is 53.1 Å². The van der Waals surface area contributed by atoms with Crippen LogP contribution in [0.2, 0.25) is 5.02 Å². The highest BCUT2D eigenvalue weighted by Gasteiger charge is 2.21. The molecule has 2 N–H and O–H groups in total. The number of amides is 1. The van der Waals surface area contributed by atoms with Crippen LogP contribution in [0.5, 0.6) is 0 Å². The minimum atomic E-state index is 0. The lowest BCUT2D eigenvalue weighted by atomic mass is 10.2. The molecule has 0 bridgehead atoms. The third kappa shape index (κ3) is 8.40. The zero-order valence-electron chi connectivity index (χ0n) is 16.6. The normalized spacial score (nSPS) is 14.5. The van der Waals surface area contributed by atoms with Gasteiger partial charge in [-0.25, -0.2) is 4.99 Å². The maximum absolute atomic E-state index is 12.5. The van der Waals surface area contributed by atoms with Crippen LogP contribution in [-0.2, 0) is 9.53 Å². The minimum absolute atomic E-state index is 0. The second-order valence-corrected chi connectivity index (χ2v) is 6.60. The molecule has 1 heterocycles. The second-order valence-electron chi connectivity index (χ2n) is 6.16. The lowest BCUT2D eigenvalue weighted by Gasteiger charge is -2.36. The van der Waals surface area contributed by atoms with Crippen LogP contribution in [0.4, 0.5) is 5.69 Å². The number of ether oxygens (including phenoxy) is 1. The van der Waals surface area contributed by atoms with Crippen molar-refractivity contribution in [3.8, 4) is 0 Å². The van der Waals surface area contributed by atoms with E-state index in [1.54, 1.807) is 0 Å². The number of hydrogen-bond donors (Lipinski definition) is 2. The summed E-state index contributed by atoms with van der Waals surface area (Å²) in [5.74, 6) is 0.693.